The van der Waals surface area contributed by atoms with Gasteiger partial charge < -0.3 is 15.2 Å². The van der Waals surface area contributed by atoms with Crippen LogP contribution in [-0.2, 0) is 4.79 Å². The zero-order valence-corrected chi connectivity index (χ0v) is 10.8. The van der Waals surface area contributed by atoms with Crippen molar-refractivity contribution in [1.82, 2.24) is 0 Å². The van der Waals surface area contributed by atoms with Gasteiger partial charge in [0.1, 0.15) is 0 Å². The normalized spacial score (nSPS) is 10.0. The number of nitrogens with one attached hydrogen (secondary N) is 1. The van der Waals surface area contributed by atoms with Gasteiger partial charge in [-0.15, -0.1) is 0 Å². The number of methoxy groups -OCH3 is 1. The lowest BCUT2D eigenvalue weighted by molar-refractivity contribution is -0.114. The quantitative estimate of drug-likeness (QED) is 0.888. The van der Waals surface area contributed by atoms with Crippen molar-refractivity contribution in [3.05, 3.63) is 42.5 Å². The highest BCUT2D eigenvalue weighted by molar-refractivity contribution is 5.89. The predicted octanol–water partition coefficient (Wildman–Crippen LogP) is 3.03. The molecule has 2 rings (SSSR count). The Kier molecular flexibility index (Phi) is 3.71. The molecule has 2 N–H and O–H groups in total. The van der Waals surface area contributed by atoms with Gasteiger partial charge in [0.25, 0.3) is 0 Å². The molecule has 2 aromatic rings. The summed E-state index contributed by atoms with van der Waals surface area (Å²) in [7, 11) is 1.51. The maximum atomic E-state index is 11.0. The van der Waals surface area contributed by atoms with Crippen LogP contribution in [0.2, 0.25) is 0 Å². The van der Waals surface area contributed by atoms with Crippen molar-refractivity contribution in [2.24, 2.45) is 0 Å². The smallest absolute Gasteiger partial charge is 0.221 e. The van der Waals surface area contributed by atoms with E-state index in [0.29, 0.717) is 5.75 Å². The van der Waals surface area contributed by atoms with Crippen LogP contribution in [0.4, 0.5) is 5.69 Å². The molecule has 4 heteroatoms. The van der Waals surface area contributed by atoms with Crippen molar-refractivity contribution in [3.8, 4) is 22.6 Å². The van der Waals surface area contributed by atoms with Gasteiger partial charge in [0.2, 0.25) is 5.91 Å². The highest BCUT2D eigenvalue weighted by Crippen LogP contribution is 2.32. The first kappa shape index (κ1) is 13.0. The van der Waals surface area contributed by atoms with Gasteiger partial charge in [0.15, 0.2) is 11.5 Å². The first-order valence-electron chi connectivity index (χ1n) is 5.85. The van der Waals surface area contributed by atoms with E-state index in [4.69, 9.17) is 4.74 Å². The molecule has 0 unspecified atom stereocenters. The highest BCUT2D eigenvalue weighted by Gasteiger charge is 2.05. The molecular weight excluding hydrogens is 242 g/mol. The van der Waals surface area contributed by atoms with Crippen LogP contribution in [0.1, 0.15) is 6.92 Å². The van der Waals surface area contributed by atoms with E-state index >= 15 is 0 Å². The van der Waals surface area contributed by atoms with Crippen LogP contribution in [0, 0.1) is 0 Å². The van der Waals surface area contributed by atoms with Crippen LogP contribution in [0.5, 0.6) is 11.5 Å². The van der Waals surface area contributed by atoms with Crippen LogP contribution in [0.3, 0.4) is 0 Å². The van der Waals surface area contributed by atoms with Crippen LogP contribution in [0.15, 0.2) is 42.5 Å². The maximum Gasteiger partial charge on any atom is 0.221 e. The summed E-state index contributed by atoms with van der Waals surface area (Å²) in [6, 6.07) is 12.6. The van der Waals surface area contributed by atoms with Gasteiger partial charge in [-0.2, -0.15) is 0 Å². The van der Waals surface area contributed by atoms with Gasteiger partial charge in [-0.3, -0.25) is 4.79 Å². The molecule has 4 nitrogen and oxygen atoms in total. The van der Waals surface area contributed by atoms with E-state index in [1.807, 2.05) is 30.3 Å². The fraction of sp³-hybridized carbons (Fsp3) is 0.133. The molecule has 0 aromatic heterocycles. The fourth-order valence-electron chi connectivity index (χ4n) is 1.85. The summed E-state index contributed by atoms with van der Waals surface area (Å²) in [5.74, 6) is 0.404. The first-order chi connectivity index (χ1) is 9.10. The summed E-state index contributed by atoms with van der Waals surface area (Å²) < 4.78 is 5.01. The molecule has 0 aliphatic heterocycles. The van der Waals surface area contributed by atoms with Crippen LogP contribution < -0.4 is 10.1 Å². The average Bonchev–Trinajstić information content (AvgIpc) is 2.38. The number of hydrogen-bond acceptors (Lipinski definition) is 3. The molecule has 0 aliphatic carbocycles. The van der Waals surface area contributed by atoms with Crippen molar-refractivity contribution in [1.29, 1.82) is 0 Å². The summed E-state index contributed by atoms with van der Waals surface area (Å²) >= 11 is 0. The molecule has 2 aromatic carbocycles. The molecule has 98 valence electrons. The summed E-state index contributed by atoms with van der Waals surface area (Å²) in [4.78, 5) is 11.0. The highest BCUT2D eigenvalue weighted by atomic mass is 16.5. The van der Waals surface area contributed by atoms with Gasteiger partial charge >= 0.3 is 0 Å². The Morgan fingerprint density at radius 3 is 2.53 bits per heavy atom. The lowest BCUT2D eigenvalue weighted by Gasteiger charge is -2.08. The number of phenolic OH excluding ortho intramolecular Hbond substituents is 1. The average molecular weight is 257 g/mol. The van der Waals surface area contributed by atoms with Crippen molar-refractivity contribution in [2.45, 2.75) is 6.92 Å². The predicted molar refractivity (Wildman–Crippen MR) is 74.4 cm³/mol. The Hall–Kier alpha value is -2.49. The third-order valence-electron chi connectivity index (χ3n) is 2.70. The number of aromatic hydroxyl groups is 1. The minimum Gasteiger partial charge on any atom is -0.504 e. The Labute approximate surface area is 111 Å². The number of amides is 1. The molecule has 0 bridgehead atoms. The number of carbonyl (C=O) groups excluding carboxylic acids is 1. The van der Waals surface area contributed by atoms with E-state index in [1.165, 1.54) is 14.0 Å². The number of ether oxygens (including phenoxy) is 1. The topological polar surface area (TPSA) is 58.6 Å². The van der Waals surface area contributed by atoms with E-state index in [9.17, 15) is 9.90 Å². The van der Waals surface area contributed by atoms with Gasteiger partial charge in [-0.25, -0.2) is 0 Å². The molecule has 0 radical (unpaired) electrons. The Morgan fingerprint density at radius 2 is 1.89 bits per heavy atom. The molecule has 19 heavy (non-hydrogen) atoms. The van der Waals surface area contributed by atoms with Crippen molar-refractivity contribution in [2.75, 3.05) is 12.4 Å². The van der Waals surface area contributed by atoms with E-state index in [2.05, 4.69) is 5.32 Å². The summed E-state index contributed by atoms with van der Waals surface area (Å²) in [5, 5.41) is 12.5. The van der Waals surface area contributed by atoms with E-state index < -0.39 is 0 Å². The number of hydrogen-bond donors (Lipinski definition) is 2. The number of rotatable bonds is 3. The van der Waals surface area contributed by atoms with Gasteiger partial charge in [0.05, 0.1) is 7.11 Å². The van der Waals surface area contributed by atoms with Gasteiger partial charge in [0, 0.05) is 12.6 Å². The Bertz CT molecular complexity index is 608. The van der Waals surface area contributed by atoms with Crippen molar-refractivity contribution < 1.29 is 14.6 Å². The van der Waals surface area contributed by atoms with Crippen molar-refractivity contribution in [3.63, 3.8) is 0 Å². The number of carbonyl (C=O) groups is 1. The zero-order valence-electron chi connectivity index (χ0n) is 10.8. The maximum absolute atomic E-state index is 11.0. The zero-order chi connectivity index (χ0) is 13.8. The minimum absolute atomic E-state index is 0.0879. The third kappa shape index (κ3) is 3.04. The third-order valence-corrected chi connectivity index (χ3v) is 2.70. The number of benzene rings is 2. The molecule has 0 heterocycles. The second kappa shape index (κ2) is 5.44. The summed E-state index contributed by atoms with van der Waals surface area (Å²) in [6.45, 7) is 1.46. The first-order valence-corrected chi connectivity index (χ1v) is 5.85. The second-order valence-corrected chi connectivity index (χ2v) is 4.15. The SMILES string of the molecule is COc1ccc(-c2cccc(NC(C)=O)c2)cc1O. The largest absolute Gasteiger partial charge is 0.504 e. The van der Waals surface area contributed by atoms with E-state index in [0.717, 1.165) is 16.8 Å². The van der Waals surface area contributed by atoms with Crippen LogP contribution in [-0.4, -0.2) is 18.1 Å². The molecule has 0 aliphatic rings. The fourth-order valence-corrected chi connectivity index (χ4v) is 1.85. The van der Waals surface area contributed by atoms with Crippen molar-refractivity contribution >= 4 is 11.6 Å². The standard InChI is InChI=1S/C15H15NO3/c1-10(17)16-13-5-3-4-11(8-13)12-6-7-15(19-2)14(18)9-12/h3-9,18H,1-2H3,(H,16,17). The minimum atomic E-state index is -0.116. The lowest BCUT2D eigenvalue weighted by atomic mass is 10.0. The van der Waals surface area contributed by atoms with Crippen LogP contribution in [0.25, 0.3) is 11.1 Å². The monoisotopic (exact) mass is 257 g/mol. The molecular formula is C15H15NO3. The number of anilines is 1. The van der Waals surface area contributed by atoms with Gasteiger partial charge in [-0.05, 0) is 35.4 Å². The number of phenols is 1. The van der Waals surface area contributed by atoms with Crippen LogP contribution >= 0.6 is 0 Å². The molecule has 1 amide bonds. The molecule has 0 atom stereocenters. The summed E-state index contributed by atoms with van der Waals surface area (Å²) in [5.41, 5.74) is 2.48. The Balaban J connectivity index is 2.36. The molecule has 0 saturated heterocycles. The Morgan fingerprint density at radius 1 is 1.16 bits per heavy atom. The molecule has 0 saturated carbocycles. The van der Waals surface area contributed by atoms with Gasteiger partial charge in [-0.1, -0.05) is 18.2 Å². The molecule has 0 fully saturated rings. The lowest BCUT2D eigenvalue weighted by Crippen LogP contribution is -2.05. The molecule has 0 spiro atoms. The van der Waals surface area contributed by atoms with E-state index in [-0.39, 0.29) is 11.7 Å². The summed E-state index contributed by atoms with van der Waals surface area (Å²) in [6.07, 6.45) is 0. The second-order valence-electron chi connectivity index (χ2n) is 4.15. The van der Waals surface area contributed by atoms with E-state index in [1.54, 1.807) is 12.1 Å².